The van der Waals surface area contributed by atoms with Crippen molar-refractivity contribution in [3.05, 3.63) is 33.7 Å². The predicted octanol–water partition coefficient (Wildman–Crippen LogP) is 1.06. The third-order valence-corrected chi connectivity index (χ3v) is 3.62. The highest BCUT2D eigenvalue weighted by molar-refractivity contribution is 5.94. The molecule has 0 spiro atoms. The number of aryl methyl sites for hydroxylation is 1. The summed E-state index contributed by atoms with van der Waals surface area (Å²) in [4.78, 5) is 28.7. The van der Waals surface area contributed by atoms with Crippen LogP contribution in [0.15, 0.2) is 16.9 Å². The first-order valence-corrected chi connectivity index (χ1v) is 6.75. The van der Waals surface area contributed by atoms with Crippen LogP contribution in [-0.4, -0.2) is 40.1 Å². The van der Waals surface area contributed by atoms with E-state index in [9.17, 15) is 9.59 Å². The summed E-state index contributed by atoms with van der Waals surface area (Å²) >= 11 is 0. The number of H-pyrrole nitrogens is 1. The van der Waals surface area contributed by atoms with Crippen molar-refractivity contribution < 1.29 is 9.90 Å². The van der Waals surface area contributed by atoms with Crippen LogP contribution in [-0.2, 0) is 0 Å². The van der Waals surface area contributed by atoms with Crippen LogP contribution < -0.4 is 5.56 Å². The number of aliphatic hydroxyl groups is 1. The van der Waals surface area contributed by atoms with Crippen molar-refractivity contribution in [3.63, 3.8) is 0 Å². The number of carbonyl (C=O) groups is 1. The topological polar surface area (TPSA) is 73.4 Å². The van der Waals surface area contributed by atoms with E-state index in [2.05, 4.69) is 4.98 Å². The summed E-state index contributed by atoms with van der Waals surface area (Å²) in [6, 6.07) is 3.54. The summed E-state index contributed by atoms with van der Waals surface area (Å²) in [6.07, 6.45) is 3.64. The van der Waals surface area contributed by atoms with Crippen LogP contribution in [0.1, 0.15) is 41.7 Å². The Morgan fingerprint density at radius 1 is 1.47 bits per heavy atom. The Hall–Kier alpha value is -1.62. The van der Waals surface area contributed by atoms with E-state index >= 15 is 0 Å². The molecule has 104 valence electrons. The standard InChI is InChI=1S/C14H20N2O3/c1-10-6-7-12(13(18)15-10)14(19)16(8-3-9-17)11-4-2-5-11/h6-7,11,17H,2-5,8-9H2,1H3,(H,15,18). The van der Waals surface area contributed by atoms with E-state index in [0.717, 1.165) is 25.0 Å². The second-order valence-corrected chi connectivity index (χ2v) is 5.04. The van der Waals surface area contributed by atoms with Gasteiger partial charge in [0.15, 0.2) is 0 Å². The Bertz CT molecular complexity index is 506. The van der Waals surface area contributed by atoms with Crippen molar-refractivity contribution >= 4 is 5.91 Å². The summed E-state index contributed by atoms with van der Waals surface area (Å²) in [5.41, 5.74) is 0.598. The molecule has 0 radical (unpaired) electrons. The number of pyridine rings is 1. The fraction of sp³-hybridized carbons (Fsp3) is 0.571. The molecule has 1 aromatic rings. The van der Waals surface area contributed by atoms with Crippen LogP contribution in [0.2, 0.25) is 0 Å². The van der Waals surface area contributed by atoms with E-state index in [4.69, 9.17) is 5.11 Å². The van der Waals surface area contributed by atoms with Gasteiger partial charge in [0.05, 0.1) is 0 Å². The lowest BCUT2D eigenvalue weighted by Crippen LogP contribution is -2.46. The molecule has 1 amide bonds. The number of aliphatic hydroxyl groups excluding tert-OH is 1. The smallest absolute Gasteiger partial charge is 0.260 e. The summed E-state index contributed by atoms with van der Waals surface area (Å²) in [5.74, 6) is -0.223. The lowest BCUT2D eigenvalue weighted by molar-refractivity contribution is 0.0560. The molecular weight excluding hydrogens is 244 g/mol. The van der Waals surface area contributed by atoms with Gasteiger partial charge in [-0.25, -0.2) is 0 Å². The van der Waals surface area contributed by atoms with Crippen molar-refractivity contribution in [2.75, 3.05) is 13.2 Å². The van der Waals surface area contributed by atoms with Gasteiger partial charge in [0.2, 0.25) is 0 Å². The molecule has 0 bridgehead atoms. The van der Waals surface area contributed by atoms with Crippen LogP contribution in [0.4, 0.5) is 0 Å². The predicted molar refractivity (Wildman–Crippen MR) is 72.2 cm³/mol. The highest BCUT2D eigenvalue weighted by atomic mass is 16.3. The zero-order chi connectivity index (χ0) is 13.8. The third-order valence-electron chi connectivity index (χ3n) is 3.62. The number of hydrogen-bond donors (Lipinski definition) is 2. The zero-order valence-electron chi connectivity index (χ0n) is 11.2. The monoisotopic (exact) mass is 264 g/mol. The van der Waals surface area contributed by atoms with Gasteiger partial charge >= 0.3 is 0 Å². The Morgan fingerprint density at radius 2 is 2.21 bits per heavy atom. The van der Waals surface area contributed by atoms with Crippen molar-refractivity contribution in [2.45, 2.75) is 38.6 Å². The highest BCUT2D eigenvalue weighted by Crippen LogP contribution is 2.25. The van der Waals surface area contributed by atoms with Gasteiger partial charge in [-0.15, -0.1) is 0 Å². The van der Waals surface area contributed by atoms with Crippen molar-refractivity contribution in [3.8, 4) is 0 Å². The fourth-order valence-corrected chi connectivity index (χ4v) is 2.28. The Balaban J connectivity index is 2.20. The summed E-state index contributed by atoms with van der Waals surface area (Å²) in [5, 5.41) is 8.93. The molecule has 0 aliphatic heterocycles. The van der Waals surface area contributed by atoms with E-state index in [1.54, 1.807) is 24.0 Å². The van der Waals surface area contributed by atoms with Gasteiger partial charge in [-0.3, -0.25) is 9.59 Å². The summed E-state index contributed by atoms with van der Waals surface area (Å²) < 4.78 is 0. The molecule has 1 aliphatic carbocycles. The molecular formula is C14H20N2O3. The molecule has 1 fully saturated rings. The minimum absolute atomic E-state index is 0.0563. The molecule has 5 nitrogen and oxygen atoms in total. The van der Waals surface area contributed by atoms with Gasteiger partial charge in [0.1, 0.15) is 5.56 Å². The van der Waals surface area contributed by atoms with E-state index in [1.165, 1.54) is 0 Å². The molecule has 1 aromatic heterocycles. The minimum Gasteiger partial charge on any atom is -0.396 e. The van der Waals surface area contributed by atoms with E-state index in [0.29, 0.717) is 13.0 Å². The number of amides is 1. The maximum absolute atomic E-state index is 12.4. The average Bonchev–Trinajstić information content (AvgIpc) is 2.31. The van der Waals surface area contributed by atoms with Crippen LogP contribution >= 0.6 is 0 Å². The van der Waals surface area contributed by atoms with Gasteiger partial charge < -0.3 is 15.0 Å². The summed E-state index contributed by atoms with van der Waals surface area (Å²) in [7, 11) is 0. The van der Waals surface area contributed by atoms with Gasteiger partial charge in [0.25, 0.3) is 11.5 Å². The number of rotatable bonds is 5. The Morgan fingerprint density at radius 3 is 2.74 bits per heavy atom. The van der Waals surface area contributed by atoms with Crippen LogP contribution in [0.5, 0.6) is 0 Å². The van der Waals surface area contributed by atoms with Crippen molar-refractivity contribution in [1.29, 1.82) is 0 Å². The second-order valence-electron chi connectivity index (χ2n) is 5.04. The number of nitrogens with zero attached hydrogens (tertiary/aromatic N) is 1. The first-order valence-electron chi connectivity index (χ1n) is 6.75. The van der Waals surface area contributed by atoms with Gasteiger partial charge in [-0.05, 0) is 44.7 Å². The van der Waals surface area contributed by atoms with E-state index < -0.39 is 0 Å². The highest BCUT2D eigenvalue weighted by Gasteiger charge is 2.29. The lowest BCUT2D eigenvalue weighted by atomic mass is 9.91. The third kappa shape index (κ3) is 3.04. The summed E-state index contributed by atoms with van der Waals surface area (Å²) in [6.45, 7) is 2.35. The van der Waals surface area contributed by atoms with Crippen LogP contribution in [0, 0.1) is 6.92 Å². The average molecular weight is 264 g/mol. The number of hydrogen-bond acceptors (Lipinski definition) is 3. The molecule has 1 aliphatic rings. The van der Waals surface area contributed by atoms with Crippen LogP contribution in [0.25, 0.3) is 0 Å². The molecule has 0 atom stereocenters. The zero-order valence-corrected chi connectivity index (χ0v) is 11.2. The molecule has 0 saturated heterocycles. The largest absolute Gasteiger partial charge is 0.396 e. The van der Waals surface area contributed by atoms with Crippen molar-refractivity contribution in [2.24, 2.45) is 0 Å². The first kappa shape index (κ1) is 13.8. The minimum atomic E-state index is -0.335. The fourth-order valence-electron chi connectivity index (χ4n) is 2.28. The molecule has 0 aromatic carbocycles. The molecule has 1 saturated carbocycles. The quantitative estimate of drug-likeness (QED) is 0.835. The van der Waals surface area contributed by atoms with Gasteiger partial charge in [0, 0.05) is 24.9 Å². The van der Waals surface area contributed by atoms with Crippen LogP contribution in [0.3, 0.4) is 0 Å². The maximum atomic E-state index is 12.4. The van der Waals surface area contributed by atoms with Crippen molar-refractivity contribution in [1.82, 2.24) is 9.88 Å². The number of aromatic nitrogens is 1. The number of nitrogens with one attached hydrogen (secondary N) is 1. The Labute approximate surface area is 112 Å². The molecule has 5 heteroatoms. The number of carbonyl (C=O) groups excluding carboxylic acids is 1. The van der Waals surface area contributed by atoms with E-state index in [-0.39, 0.29) is 29.7 Å². The molecule has 2 N–H and O–H groups in total. The van der Waals surface area contributed by atoms with Gasteiger partial charge in [-0.1, -0.05) is 0 Å². The molecule has 19 heavy (non-hydrogen) atoms. The maximum Gasteiger partial charge on any atom is 0.260 e. The second kappa shape index (κ2) is 6.02. The Kier molecular flexibility index (Phi) is 4.37. The lowest BCUT2D eigenvalue weighted by Gasteiger charge is -2.37. The molecule has 1 heterocycles. The number of aromatic amines is 1. The normalized spacial score (nSPS) is 15.1. The van der Waals surface area contributed by atoms with E-state index in [1.807, 2.05) is 0 Å². The molecule has 0 unspecified atom stereocenters. The molecule has 2 rings (SSSR count). The first-order chi connectivity index (χ1) is 9.13. The SMILES string of the molecule is Cc1ccc(C(=O)N(CCCO)C2CCC2)c(=O)[nH]1. The van der Waals surface area contributed by atoms with Gasteiger partial charge in [-0.2, -0.15) is 0 Å².